The van der Waals surface area contributed by atoms with Gasteiger partial charge < -0.3 is 14.7 Å². The Morgan fingerprint density at radius 1 is 1.32 bits per heavy atom. The maximum absolute atomic E-state index is 13.4. The number of alkyl halides is 3. The third-order valence-electron chi connectivity index (χ3n) is 7.20. The predicted octanol–water partition coefficient (Wildman–Crippen LogP) is 4.00. The van der Waals surface area contributed by atoms with E-state index in [4.69, 9.17) is 4.74 Å². The Hall–Kier alpha value is -1.76. The van der Waals surface area contributed by atoms with Crippen LogP contribution in [-0.2, 0) is 17.4 Å². The Labute approximate surface area is 162 Å². The van der Waals surface area contributed by atoms with Crippen molar-refractivity contribution in [3.05, 3.63) is 29.3 Å². The largest absolute Gasteiger partial charge is 0.497 e. The van der Waals surface area contributed by atoms with Crippen molar-refractivity contribution in [2.45, 2.75) is 57.3 Å². The second-order valence-electron chi connectivity index (χ2n) is 8.85. The van der Waals surface area contributed by atoms with Gasteiger partial charge >= 0.3 is 6.18 Å². The molecule has 1 saturated heterocycles. The Morgan fingerprint density at radius 3 is 2.50 bits per heavy atom. The molecule has 4 nitrogen and oxygen atoms in total. The molecule has 4 rings (SSSR count). The van der Waals surface area contributed by atoms with Gasteiger partial charge in [-0.25, -0.2) is 0 Å². The van der Waals surface area contributed by atoms with Crippen LogP contribution < -0.4 is 4.74 Å². The molecule has 3 aliphatic rings. The van der Waals surface area contributed by atoms with E-state index < -0.39 is 17.5 Å². The lowest BCUT2D eigenvalue weighted by Gasteiger charge is -2.69. The molecule has 1 amide bonds. The topological polar surface area (TPSA) is 49.8 Å². The van der Waals surface area contributed by atoms with Crippen molar-refractivity contribution in [2.75, 3.05) is 13.7 Å². The number of methoxy groups -OCH3 is 1. The van der Waals surface area contributed by atoms with Crippen LogP contribution in [0.2, 0.25) is 0 Å². The molecule has 0 bridgehead atoms. The SMILES string of the molecule is COc1ccc(CC2CC3(C2)CN(C(=O)C2CCC2)C3(C)O)c(C(F)(F)F)c1. The summed E-state index contributed by atoms with van der Waals surface area (Å²) in [4.78, 5) is 14.0. The first kappa shape index (κ1) is 19.6. The number of rotatable bonds is 4. The van der Waals surface area contributed by atoms with Crippen molar-refractivity contribution < 1.29 is 27.8 Å². The van der Waals surface area contributed by atoms with Crippen LogP contribution in [0.4, 0.5) is 13.2 Å². The number of hydrogen-bond acceptors (Lipinski definition) is 3. The lowest BCUT2D eigenvalue weighted by molar-refractivity contribution is -0.304. The summed E-state index contributed by atoms with van der Waals surface area (Å²) < 4.78 is 45.1. The minimum Gasteiger partial charge on any atom is -0.497 e. The van der Waals surface area contributed by atoms with Crippen LogP contribution >= 0.6 is 0 Å². The number of ether oxygens (including phenoxy) is 1. The molecule has 2 aliphatic carbocycles. The van der Waals surface area contributed by atoms with E-state index in [0.717, 1.165) is 25.3 Å². The highest BCUT2D eigenvalue weighted by Crippen LogP contribution is 2.62. The molecular formula is C21H26F3NO3. The number of nitrogens with zero attached hydrogens (tertiary/aromatic N) is 1. The van der Waals surface area contributed by atoms with Crippen molar-refractivity contribution in [3.8, 4) is 5.75 Å². The van der Waals surface area contributed by atoms with Gasteiger partial charge in [0, 0.05) is 17.9 Å². The normalized spacial score (nSPS) is 32.5. The summed E-state index contributed by atoms with van der Waals surface area (Å²) in [6.07, 6.45) is -0.0114. The van der Waals surface area contributed by atoms with Crippen LogP contribution in [0.15, 0.2) is 18.2 Å². The van der Waals surface area contributed by atoms with Crippen LogP contribution in [0.3, 0.4) is 0 Å². The molecule has 2 saturated carbocycles. The lowest BCUT2D eigenvalue weighted by Crippen LogP contribution is -2.78. The summed E-state index contributed by atoms with van der Waals surface area (Å²) in [5.41, 5.74) is -1.96. The minimum absolute atomic E-state index is 0.0276. The molecule has 1 aromatic rings. The molecule has 1 aliphatic heterocycles. The van der Waals surface area contributed by atoms with E-state index in [-0.39, 0.29) is 34.5 Å². The van der Waals surface area contributed by atoms with Gasteiger partial charge in [-0.15, -0.1) is 0 Å². The van der Waals surface area contributed by atoms with Crippen LogP contribution in [-0.4, -0.2) is 35.3 Å². The summed E-state index contributed by atoms with van der Waals surface area (Å²) in [6.45, 7) is 2.19. The first-order valence-corrected chi connectivity index (χ1v) is 9.85. The van der Waals surface area contributed by atoms with Crippen LogP contribution in [0, 0.1) is 17.3 Å². The van der Waals surface area contributed by atoms with Gasteiger partial charge in [0.15, 0.2) is 0 Å². The molecular weight excluding hydrogens is 371 g/mol. The number of benzene rings is 1. The molecule has 1 unspecified atom stereocenters. The zero-order valence-electron chi connectivity index (χ0n) is 16.2. The van der Waals surface area contributed by atoms with Crippen molar-refractivity contribution in [1.29, 1.82) is 0 Å². The van der Waals surface area contributed by atoms with Gasteiger partial charge in [-0.2, -0.15) is 13.2 Å². The lowest BCUT2D eigenvalue weighted by atomic mass is 9.50. The summed E-state index contributed by atoms with van der Waals surface area (Å²) in [7, 11) is 1.35. The van der Waals surface area contributed by atoms with Crippen molar-refractivity contribution >= 4 is 5.91 Å². The van der Waals surface area contributed by atoms with Gasteiger partial charge in [-0.3, -0.25) is 4.79 Å². The van der Waals surface area contributed by atoms with E-state index in [1.165, 1.54) is 13.2 Å². The Kier molecular flexibility index (Phi) is 4.45. The molecule has 0 radical (unpaired) electrons. The Bertz CT molecular complexity index is 780. The monoisotopic (exact) mass is 397 g/mol. The van der Waals surface area contributed by atoms with Crippen molar-refractivity contribution in [1.82, 2.24) is 4.90 Å². The van der Waals surface area contributed by atoms with E-state index >= 15 is 0 Å². The second kappa shape index (κ2) is 6.37. The molecule has 1 N–H and O–H groups in total. The fourth-order valence-electron chi connectivity index (χ4n) is 5.11. The fourth-order valence-corrected chi connectivity index (χ4v) is 5.11. The van der Waals surface area contributed by atoms with Crippen molar-refractivity contribution in [3.63, 3.8) is 0 Å². The molecule has 1 aromatic carbocycles. The van der Waals surface area contributed by atoms with Crippen LogP contribution in [0.1, 0.15) is 50.2 Å². The number of aliphatic hydroxyl groups is 1. The zero-order chi connectivity index (χ0) is 20.3. The second-order valence-corrected chi connectivity index (χ2v) is 8.85. The zero-order valence-corrected chi connectivity index (χ0v) is 16.2. The highest BCUT2D eigenvalue weighted by Gasteiger charge is 2.68. The predicted molar refractivity (Wildman–Crippen MR) is 96.5 cm³/mol. The maximum Gasteiger partial charge on any atom is 0.416 e. The Balaban J connectivity index is 1.42. The van der Waals surface area contributed by atoms with E-state index in [1.54, 1.807) is 17.9 Å². The molecule has 28 heavy (non-hydrogen) atoms. The van der Waals surface area contributed by atoms with E-state index in [0.29, 0.717) is 25.8 Å². The number of carbonyl (C=O) groups excluding carboxylic acids is 1. The van der Waals surface area contributed by atoms with Gasteiger partial charge in [0.25, 0.3) is 0 Å². The van der Waals surface area contributed by atoms with Gasteiger partial charge in [0.1, 0.15) is 11.5 Å². The third-order valence-corrected chi connectivity index (χ3v) is 7.20. The van der Waals surface area contributed by atoms with Crippen LogP contribution in [0.5, 0.6) is 5.75 Å². The number of amides is 1. The van der Waals surface area contributed by atoms with Gasteiger partial charge in [-0.1, -0.05) is 12.5 Å². The fraction of sp³-hybridized carbons (Fsp3) is 0.667. The summed E-state index contributed by atoms with van der Waals surface area (Å²) >= 11 is 0. The van der Waals surface area contributed by atoms with Crippen LogP contribution in [0.25, 0.3) is 0 Å². The first-order valence-electron chi connectivity index (χ1n) is 9.85. The number of likely N-dealkylation sites (tertiary alicyclic amines) is 1. The molecule has 7 heteroatoms. The van der Waals surface area contributed by atoms with E-state index in [1.807, 2.05) is 0 Å². The molecule has 1 spiro atoms. The average Bonchev–Trinajstić information content (AvgIpc) is 2.53. The van der Waals surface area contributed by atoms with Gasteiger partial charge in [0.2, 0.25) is 5.91 Å². The quantitative estimate of drug-likeness (QED) is 0.835. The maximum atomic E-state index is 13.4. The summed E-state index contributed by atoms with van der Waals surface area (Å²) in [6, 6.07) is 4.08. The first-order chi connectivity index (χ1) is 13.1. The number of carbonyl (C=O) groups is 1. The van der Waals surface area contributed by atoms with Gasteiger partial charge in [0.05, 0.1) is 12.7 Å². The highest BCUT2D eigenvalue weighted by atomic mass is 19.4. The molecule has 1 heterocycles. The number of halogens is 3. The average molecular weight is 397 g/mol. The highest BCUT2D eigenvalue weighted by molar-refractivity contribution is 5.81. The standard InChI is InChI=1S/C21H26F3NO3/c1-19(27)20(12-25(19)18(26)14-4-3-5-14)10-13(11-20)8-15-6-7-16(28-2)9-17(15)21(22,23)24/h6-7,9,13-14,27H,3-5,8,10-12H2,1-2H3. The summed E-state index contributed by atoms with van der Waals surface area (Å²) in [5.74, 6) is 0.323. The smallest absolute Gasteiger partial charge is 0.416 e. The van der Waals surface area contributed by atoms with E-state index in [2.05, 4.69) is 0 Å². The number of hydrogen-bond donors (Lipinski definition) is 1. The van der Waals surface area contributed by atoms with Gasteiger partial charge in [-0.05, 0) is 62.6 Å². The minimum atomic E-state index is -4.43. The molecule has 0 aromatic heterocycles. The third kappa shape index (κ3) is 2.90. The summed E-state index contributed by atoms with van der Waals surface area (Å²) in [5, 5.41) is 10.9. The molecule has 3 fully saturated rings. The Morgan fingerprint density at radius 2 is 2.00 bits per heavy atom. The molecule has 154 valence electrons. The molecule has 1 atom stereocenters. The van der Waals surface area contributed by atoms with Crippen molar-refractivity contribution in [2.24, 2.45) is 17.3 Å². The van der Waals surface area contributed by atoms with E-state index in [9.17, 15) is 23.1 Å².